The van der Waals surface area contributed by atoms with E-state index in [4.69, 9.17) is 0 Å². The first-order valence-corrected chi connectivity index (χ1v) is 5.78. The molecule has 0 bridgehead atoms. The van der Waals surface area contributed by atoms with Gasteiger partial charge in [0, 0.05) is 11.1 Å². The van der Waals surface area contributed by atoms with Gasteiger partial charge in [0.1, 0.15) is 0 Å². The van der Waals surface area contributed by atoms with E-state index in [0.717, 1.165) is 12.8 Å². The van der Waals surface area contributed by atoms with Gasteiger partial charge in [-0.3, -0.25) is 4.79 Å². The summed E-state index contributed by atoms with van der Waals surface area (Å²) in [6, 6.07) is 0. The average molecular weight is 209 g/mol. The molecule has 0 atom stereocenters. The van der Waals surface area contributed by atoms with Crippen LogP contribution < -0.4 is 0 Å². The number of rotatable bonds is 1. The molecule has 1 aliphatic heterocycles. The average Bonchev–Trinajstić information content (AvgIpc) is 2.00. The van der Waals surface area contributed by atoms with E-state index in [-0.39, 0.29) is 17.0 Å². The third-order valence-corrected chi connectivity index (χ3v) is 3.32. The zero-order chi connectivity index (χ0) is 11.7. The number of carbonyl (C=O) groups excluding carboxylic acids is 1. The molecule has 1 fully saturated rings. The number of piperidine rings is 1. The minimum atomic E-state index is -0.0155. The summed E-state index contributed by atoms with van der Waals surface area (Å²) in [6.45, 7) is 10.5. The van der Waals surface area contributed by atoms with E-state index >= 15 is 0 Å². The van der Waals surface area contributed by atoms with Crippen LogP contribution in [0.5, 0.6) is 0 Å². The number of likely N-dealkylation sites (tertiary alicyclic amines) is 1. The molecule has 0 aromatic carbocycles. The molecule has 1 heterocycles. The maximum Gasteiger partial charge on any atom is 0.247 e. The molecule has 1 aliphatic rings. The Bertz CT molecular complexity index is 260. The van der Waals surface area contributed by atoms with E-state index in [0.29, 0.717) is 0 Å². The van der Waals surface area contributed by atoms with Gasteiger partial charge >= 0.3 is 0 Å². The number of hydrogen-bond acceptors (Lipinski definition) is 1. The fourth-order valence-corrected chi connectivity index (χ4v) is 2.81. The minimum absolute atomic E-state index is 0.0155. The monoisotopic (exact) mass is 209 g/mol. The summed E-state index contributed by atoms with van der Waals surface area (Å²) in [5.74, 6) is 0.146. The summed E-state index contributed by atoms with van der Waals surface area (Å²) in [5.41, 5.74) is -0.0311. The highest BCUT2D eigenvalue weighted by Crippen LogP contribution is 2.38. The summed E-state index contributed by atoms with van der Waals surface area (Å²) < 4.78 is 0. The van der Waals surface area contributed by atoms with Gasteiger partial charge in [-0.15, -0.1) is 0 Å². The second-order valence-corrected chi connectivity index (χ2v) is 5.65. The van der Waals surface area contributed by atoms with Gasteiger partial charge < -0.3 is 4.90 Å². The number of carbonyl (C=O) groups is 1. The lowest BCUT2D eigenvalue weighted by Crippen LogP contribution is -2.60. The van der Waals surface area contributed by atoms with E-state index in [1.54, 1.807) is 6.08 Å². The summed E-state index contributed by atoms with van der Waals surface area (Å²) in [4.78, 5) is 14.1. The van der Waals surface area contributed by atoms with Gasteiger partial charge in [0.25, 0.3) is 0 Å². The molecule has 0 saturated carbocycles. The van der Waals surface area contributed by atoms with Crippen molar-refractivity contribution in [2.45, 2.75) is 65.0 Å². The van der Waals surface area contributed by atoms with Crippen LogP contribution in [0, 0.1) is 0 Å². The van der Waals surface area contributed by atoms with Crippen LogP contribution in [0.3, 0.4) is 0 Å². The highest BCUT2D eigenvalue weighted by atomic mass is 16.2. The van der Waals surface area contributed by atoms with Crippen LogP contribution in [0.15, 0.2) is 12.2 Å². The lowest BCUT2D eigenvalue weighted by Gasteiger charge is -2.52. The van der Waals surface area contributed by atoms with Crippen molar-refractivity contribution < 1.29 is 4.79 Å². The molecular formula is C13H23NO. The summed E-state index contributed by atoms with van der Waals surface area (Å²) >= 11 is 0. The molecule has 86 valence electrons. The largest absolute Gasteiger partial charge is 0.329 e. The van der Waals surface area contributed by atoms with Crippen molar-refractivity contribution in [2.24, 2.45) is 0 Å². The minimum Gasteiger partial charge on any atom is -0.329 e. The van der Waals surface area contributed by atoms with Crippen molar-refractivity contribution in [3.8, 4) is 0 Å². The Balaban J connectivity index is 3.01. The number of nitrogens with zero attached hydrogens (tertiary/aromatic N) is 1. The zero-order valence-corrected chi connectivity index (χ0v) is 10.6. The first-order valence-electron chi connectivity index (χ1n) is 5.78. The van der Waals surface area contributed by atoms with Gasteiger partial charge in [-0.1, -0.05) is 6.08 Å². The summed E-state index contributed by atoms with van der Waals surface area (Å²) in [6.07, 6.45) is 6.90. The molecule has 0 aliphatic carbocycles. The smallest absolute Gasteiger partial charge is 0.247 e. The second kappa shape index (κ2) is 3.99. The fourth-order valence-electron chi connectivity index (χ4n) is 2.81. The first kappa shape index (κ1) is 12.3. The van der Waals surface area contributed by atoms with Gasteiger partial charge in [-0.05, 0) is 60.0 Å². The Morgan fingerprint density at radius 1 is 1.13 bits per heavy atom. The number of allylic oxidation sites excluding steroid dienone is 1. The molecule has 2 heteroatoms. The molecule has 2 nitrogen and oxygen atoms in total. The number of amides is 1. The van der Waals surface area contributed by atoms with Crippen LogP contribution in [0.4, 0.5) is 0 Å². The first-order chi connectivity index (χ1) is 6.81. The van der Waals surface area contributed by atoms with E-state index in [1.807, 2.05) is 17.9 Å². The third-order valence-electron chi connectivity index (χ3n) is 3.32. The van der Waals surface area contributed by atoms with Crippen LogP contribution in [0.1, 0.15) is 53.9 Å². The van der Waals surface area contributed by atoms with Gasteiger partial charge in [-0.25, -0.2) is 0 Å². The lowest BCUT2D eigenvalue weighted by molar-refractivity contribution is -0.143. The molecule has 0 N–H and O–H groups in total. The van der Waals surface area contributed by atoms with E-state index in [9.17, 15) is 4.79 Å². The van der Waals surface area contributed by atoms with Crippen molar-refractivity contribution in [2.75, 3.05) is 0 Å². The van der Waals surface area contributed by atoms with Gasteiger partial charge in [0.05, 0.1) is 0 Å². The highest BCUT2D eigenvalue weighted by molar-refractivity contribution is 5.88. The van der Waals surface area contributed by atoms with Crippen LogP contribution in [-0.2, 0) is 4.79 Å². The van der Waals surface area contributed by atoms with E-state index in [2.05, 4.69) is 27.7 Å². The Morgan fingerprint density at radius 2 is 1.60 bits per heavy atom. The van der Waals surface area contributed by atoms with Crippen molar-refractivity contribution in [1.29, 1.82) is 0 Å². The molecule has 1 rings (SSSR count). The van der Waals surface area contributed by atoms with E-state index in [1.165, 1.54) is 6.42 Å². The molecule has 1 amide bonds. The molecule has 15 heavy (non-hydrogen) atoms. The molecule has 0 aromatic rings. The summed E-state index contributed by atoms with van der Waals surface area (Å²) in [7, 11) is 0. The maximum atomic E-state index is 12.1. The molecular weight excluding hydrogens is 186 g/mol. The van der Waals surface area contributed by atoms with Gasteiger partial charge in [0.15, 0.2) is 0 Å². The normalized spacial score (nSPS) is 24.5. The Morgan fingerprint density at radius 3 is 2.00 bits per heavy atom. The van der Waals surface area contributed by atoms with Gasteiger partial charge in [-0.2, -0.15) is 0 Å². The maximum absolute atomic E-state index is 12.1. The molecule has 0 radical (unpaired) electrons. The Kier molecular flexibility index (Phi) is 3.27. The highest BCUT2D eigenvalue weighted by Gasteiger charge is 2.43. The van der Waals surface area contributed by atoms with Crippen molar-refractivity contribution in [3.63, 3.8) is 0 Å². The fraction of sp³-hybridized carbons (Fsp3) is 0.769. The summed E-state index contributed by atoms with van der Waals surface area (Å²) in [5, 5.41) is 0. The van der Waals surface area contributed by atoms with Crippen molar-refractivity contribution in [3.05, 3.63) is 12.2 Å². The van der Waals surface area contributed by atoms with Crippen LogP contribution in [0.2, 0.25) is 0 Å². The molecule has 0 unspecified atom stereocenters. The van der Waals surface area contributed by atoms with Crippen LogP contribution in [0.25, 0.3) is 0 Å². The predicted molar refractivity (Wildman–Crippen MR) is 63.7 cm³/mol. The SMILES string of the molecule is CC=CC(=O)N1C(C)(C)CCCC1(C)C. The standard InChI is InChI=1S/C13H23NO/c1-6-8-11(15)14-12(2,3)9-7-10-13(14,4)5/h6,8H,7,9-10H2,1-5H3. The lowest BCUT2D eigenvalue weighted by atomic mass is 9.79. The van der Waals surface area contributed by atoms with Crippen molar-refractivity contribution in [1.82, 2.24) is 4.90 Å². The Hall–Kier alpha value is -0.790. The molecule has 0 spiro atoms. The van der Waals surface area contributed by atoms with E-state index < -0.39 is 0 Å². The van der Waals surface area contributed by atoms with Crippen molar-refractivity contribution >= 4 is 5.91 Å². The zero-order valence-electron chi connectivity index (χ0n) is 10.6. The van der Waals surface area contributed by atoms with Gasteiger partial charge in [0.2, 0.25) is 5.91 Å². The van der Waals surface area contributed by atoms with Crippen LogP contribution >= 0.6 is 0 Å². The molecule has 0 aromatic heterocycles. The predicted octanol–water partition coefficient (Wildman–Crippen LogP) is 3.13. The third kappa shape index (κ3) is 2.42. The van der Waals surface area contributed by atoms with Crippen LogP contribution in [-0.4, -0.2) is 21.9 Å². The topological polar surface area (TPSA) is 20.3 Å². The number of hydrogen-bond donors (Lipinski definition) is 0. The molecule has 1 saturated heterocycles. The second-order valence-electron chi connectivity index (χ2n) is 5.65. The Labute approximate surface area is 93.3 Å². The quantitative estimate of drug-likeness (QED) is 0.608.